The van der Waals surface area contributed by atoms with Gasteiger partial charge < -0.3 is 14.4 Å². The average molecular weight is 517 g/mol. The number of fused-ring (bicyclic) bond motifs is 1. The summed E-state index contributed by atoms with van der Waals surface area (Å²) in [6.45, 7) is 5.24. The number of aliphatic carboxylic acids is 1. The standard InChI is InChI=1S/C26H31NO6S2/c1-26(2,3)33-25(30)23(17-22-15-14-21(34-22)10-6-7-11-24(28)29)27(35(31)32)20-13-12-18-8-4-5-9-19(18)16-20/h4-5,8-9,12-16,23H,6-7,10-11,17H2,1-3H3,(H,28,29)(H,31,32)/p-1. The summed E-state index contributed by atoms with van der Waals surface area (Å²) in [5, 5.41) is 10.6. The van der Waals surface area contributed by atoms with Gasteiger partial charge in [0.15, 0.2) is 0 Å². The Labute approximate surface area is 212 Å². The van der Waals surface area contributed by atoms with Crippen LogP contribution in [0.3, 0.4) is 0 Å². The lowest BCUT2D eigenvalue weighted by molar-refractivity contribution is -0.156. The number of unbranched alkanes of at least 4 members (excludes halogenated alkanes) is 1. The topological polar surface area (TPSA) is 107 Å². The molecule has 2 aromatic carbocycles. The average Bonchev–Trinajstić information content (AvgIpc) is 3.22. The van der Waals surface area contributed by atoms with Crippen LogP contribution in [-0.2, 0) is 38.4 Å². The second kappa shape index (κ2) is 11.8. The minimum atomic E-state index is -2.72. The summed E-state index contributed by atoms with van der Waals surface area (Å²) >= 11 is -1.22. The highest BCUT2D eigenvalue weighted by Gasteiger charge is 2.32. The first-order valence-electron chi connectivity index (χ1n) is 11.4. The maximum atomic E-state index is 13.2. The zero-order valence-corrected chi connectivity index (χ0v) is 21.7. The maximum Gasteiger partial charge on any atom is 0.330 e. The number of carbonyl (C=O) groups is 2. The Morgan fingerprint density at radius 2 is 1.74 bits per heavy atom. The number of ether oxygens (including phenoxy) is 1. The number of thiophene rings is 1. The van der Waals surface area contributed by atoms with Gasteiger partial charge in [0.25, 0.3) is 0 Å². The fourth-order valence-corrected chi connectivity index (χ4v) is 5.50. The monoisotopic (exact) mass is 516 g/mol. The number of hydrogen-bond donors (Lipinski definition) is 1. The van der Waals surface area contributed by atoms with E-state index >= 15 is 0 Å². The van der Waals surface area contributed by atoms with Crippen molar-refractivity contribution < 1.29 is 28.2 Å². The molecule has 0 fully saturated rings. The van der Waals surface area contributed by atoms with Crippen molar-refractivity contribution in [2.24, 2.45) is 0 Å². The molecule has 188 valence electrons. The second-order valence-electron chi connectivity index (χ2n) is 9.30. The molecular formula is C26H30NO6S2-. The van der Waals surface area contributed by atoms with Gasteiger partial charge in [-0.25, -0.2) is 4.79 Å². The Bertz CT molecular complexity index is 1200. The quantitative estimate of drug-likeness (QED) is 0.212. The first kappa shape index (κ1) is 26.8. The molecule has 0 saturated heterocycles. The number of anilines is 1. The van der Waals surface area contributed by atoms with Crippen molar-refractivity contribution in [2.75, 3.05) is 4.31 Å². The molecule has 3 rings (SSSR count). The van der Waals surface area contributed by atoms with E-state index in [-0.39, 0.29) is 12.8 Å². The number of carbonyl (C=O) groups excluding carboxylic acids is 1. The van der Waals surface area contributed by atoms with Crippen LogP contribution in [0.1, 0.15) is 49.8 Å². The summed E-state index contributed by atoms with van der Waals surface area (Å²) in [5.41, 5.74) is -0.391. The van der Waals surface area contributed by atoms with Crippen LogP contribution >= 0.6 is 11.3 Å². The van der Waals surface area contributed by atoms with E-state index < -0.39 is 34.8 Å². The van der Waals surface area contributed by atoms with Crippen LogP contribution < -0.4 is 4.31 Å². The molecule has 0 aliphatic rings. The zero-order valence-electron chi connectivity index (χ0n) is 20.1. The molecule has 0 spiro atoms. The SMILES string of the molecule is CC(C)(C)OC(=O)C(Cc1ccc(CCCCC(=O)O)s1)N(c1ccc2ccccc2c1)S(=O)[O-]. The van der Waals surface area contributed by atoms with Crippen molar-refractivity contribution in [3.8, 4) is 0 Å². The van der Waals surface area contributed by atoms with Crippen LogP contribution in [0, 0.1) is 0 Å². The molecule has 0 bridgehead atoms. The van der Waals surface area contributed by atoms with Crippen LogP contribution in [0.2, 0.25) is 0 Å². The van der Waals surface area contributed by atoms with Crippen LogP contribution in [0.25, 0.3) is 10.8 Å². The third kappa shape index (κ3) is 7.88. The van der Waals surface area contributed by atoms with E-state index in [0.29, 0.717) is 12.1 Å². The van der Waals surface area contributed by atoms with Gasteiger partial charge in [-0.2, -0.15) is 0 Å². The number of carboxylic acid groups (broad SMARTS) is 1. The molecule has 0 radical (unpaired) electrons. The second-order valence-corrected chi connectivity index (χ2v) is 11.4. The third-order valence-corrected chi connectivity index (χ3v) is 7.24. The van der Waals surface area contributed by atoms with Gasteiger partial charge in [-0.05, 0) is 75.1 Å². The van der Waals surface area contributed by atoms with Gasteiger partial charge in [0.1, 0.15) is 11.6 Å². The lowest BCUT2D eigenvalue weighted by Crippen LogP contribution is -2.46. The van der Waals surface area contributed by atoms with Crippen LogP contribution in [0.5, 0.6) is 0 Å². The molecule has 1 aromatic heterocycles. The molecule has 35 heavy (non-hydrogen) atoms. The molecule has 2 unspecified atom stereocenters. The van der Waals surface area contributed by atoms with Crippen LogP contribution in [-0.4, -0.2) is 37.4 Å². The van der Waals surface area contributed by atoms with Crippen molar-refractivity contribution >= 4 is 51.0 Å². The van der Waals surface area contributed by atoms with Gasteiger partial charge >= 0.3 is 11.9 Å². The Kier molecular flexibility index (Phi) is 9.04. The van der Waals surface area contributed by atoms with Gasteiger partial charge in [0, 0.05) is 39.5 Å². The van der Waals surface area contributed by atoms with Gasteiger partial charge in [-0.3, -0.25) is 13.3 Å². The summed E-state index contributed by atoms with van der Waals surface area (Å²) in [6, 6.07) is 15.6. The van der Waals surface area contributed by atoms with Gasteiger partial charge in [-0.15, -0.1) is 11.3 Å². The fourth-order valence-electron chi connectivity index (χ4n) is 3.75. The van der Waals surface area contributed by atoms with Gasteiger partial charge in [0.2, 0.25) is 0 Å². The smallest absolute Gasteiger partial charge is 0.330 e. The highest BCUT2D eigenvalue weighted by atomic mass is 32.2. The number of nitrogens with zero attached hydrogens (tertiary/aromatic N) is 1. The zero-order chi connectivity index (χ0) is 25.6. The molecule has 9 heteroatoms. The summed E-state index contributed by atoms with van der Waals surface area (Å²) in [4.78, 5) is 25.9. The predicted octanol–water partition coefficient (Wildman–Crippen LogP) is 5.25. The lowest BCUT2D eigenvalue weighted by atomic mass is 10.1. The molecule has 1 N–H and O–H groups in total. The van der Waals surface area contributed by atoms with E-state index in [9.17, 15) is 18.4 Å². The minimum absolute atomic E-state index is 0.134. The number of hydrogen-bond acceptors (Lipinski definition) is 6. The van der Waals surface area contributed by atoms with Crippen LogP contribution in [0.4, 0.5) is 5.69 Å². The Morgan fingerprint density at radius 3 is 2.40 bits per heavy atom. The van der Waals surface area contributed by atoms with Crippen molar-refractivity contribution in [3.05, 3.63) is 64.4 Å². The first-order chi connectivity index (χ1) is 16.5. The summed E-state index contributed by atoms with van der Waals surface area (Å²) in [5.74, 6) is -1.43. The predicted molar refractivity (Wildman–Crippen MR) is 138 cm³/mol. The van der Waals surface area contributed by atoms with Crippen molar-refractivity contribution in [1.29, 1.82) is 0 Å². The van der Waals surface area contributed by atoms with E-state index in [1.54, 1.807) is 32.9 Å². The highest BCUT2D eigenvalue weighted by molar-refractivity contribution is 7.80. The van der Waals surface area contributed by atoms with E-state index in [1.807, 2.05) is 42.5 Å². The van der Waals surface area contributed by atoms with Gasteiger partial charge in [0.05, 0.1) is 0 Å². The van der Waals surface area contributed by atoms with E-state index in [1.165, 1.54) is 11.3 Å². The molecule has 2 atom stereocenters. The first-order valence-corrected chi connectivity index (χ1v) is 13.3. The summed E-state index contributed by atoms with van der Waals surface area (Å²) < 4.78 is 31.6. The number of esters is 1. The fraction of sp³-hybridized carbons (Fsp3) is 0.385. The van der Waals surface area contributed by atoms with E-state index in [2.05, 4.69) is 0 Å². The van der Waals surface area contributed by atoms with Crippen molar-refractivity contribution in [3.63, 3.8) is 0 Å². The van der Waals surface area contributed by atoms with E-state index in [4.69, 9.17) is 9.84 Å². The Morgan fingerprint density at radius 1 is 1.06 bits per heavy atom. The lowest BCUT2D eigenvalue weighted by Gasteiger charge is -2.34. The summed E-state index contributed by atoms with van der Waals surface area (Å²) in [6.07, 6.45) is 2.37. The Hall–Kier alpha value is -2.75. The molecule has 1 heterocycles. The van der Waals surface area contributed by atoms with Gasteiger partial charge in [-0.1, -0.05) is 30.3 Å². The maximum absolute atomic E-state index is 13.2. The normalized spacial score (nSPS) is 13.4. The number of benzene rings is 2. The summed E-state index contributed by atoms with van der Waals surface area (Å²) in [7, 11) is 0. The van der Waals surface area contributed by atoms with Crippen molar-refractivity contribution in [1.82, 2.24) is 0 Å². The minimum Gasteiger partial charge on any atom is -0.755 e. The highest BCUT2D eigenvalue weighted by Crippen LogP contribution is 2.29. The molecule has 0 saturated carbocycles. The molecule has 0 aliphatic heterocycles. The molecule has 7 nitrogen and oxygen atoms in total. The molecule has 3 aromatic rings. The number of carboxylic acids is 1. The van der Waals surface area contributed by atoms with Crippen molar-refractivity contribution in [2.45, 2.75) is 64.5 Å². The third-order valence-electron chi connectivity index (χ3n) is 5.29. The molecule has 0 amide bonds. The molecular weight excluding hydrogens is 486 g/mol. The number of aryl methyl sites for hydroxylation is 1. The Balaban J connectivity index is 1.88. The number of rotatable bonds is 11. The molecule has 0 aliphatic carbocycles. The van der Waals surface area contributed by atoms with Crippen LogP contribution in [0.15, 0.2) is 54.6 Å². The largest absolute Gasteiger partial charge is 0.755 e. The van der Waals surface area contributed by atoms with E-state index in [0.717, 1.165) is 37.7 Å².